The first-order chi connectivity index (χ1) is 8.24. The van der Waals surface area contributed by atoms with E-state index in [1.54, 1.807) is 32.0 Å². The molecule has 0 aliphatic heterocycles. The largest absolute Gasteiger partial charge is 0.405 e. The van der Waals surface area contributed by atoms with Crippen LogP contribution >= 0.6 is 0 Å². The zero-order chi connectivity index (χ0) is 13.9. The molecule has 1 aromatic rings. The van der Waals surface area contributed by atoms with Crippen molar-refractivity contribution in [3.63, 3.8) is 0 Å². The Morgan fingerprint density at radius 1 is 1.28 bits per heavy atom. The molecule has 0 fully saturated rings. The summed E-state index contributed by atoms with van der Waals surface area (Å²) in [7, 11) is 0. The molecule has 0 saturated heterocycles. The van der Waals surface area contributed by atoms with Gasteiger partial charge in [-0.3, -0.25) is 0 Å². The zero-order valence-corrected chi connectivity index (χ0v) is 10.9. The van der Waals surface area contributed by atoms with Crippen LogP contribution in [0.25, 0.3) is 0 Å². The number of hydrogen-bond acceptors (Lipinski definition) is 2. The van der Waals surface area contributed by atoms with E-state index < -0.39 is 12.7 Å². The monoisotopic (exact) mass is 260 g/mol. The minimum absolute atomic E-state index is 0.213. The summed E-state index contributed by atoms with van der Waals surface area (Å²) in [5.41, 5.74) is 8.00. The summed E-state index contributed by atoms with van der Waals surface area (Å²) < 4.78 is 37.6. The predicted molar refractivity (Wildman–Crippen MR) is 67.6 cm³/mol. The van der Waals surface area contributed by atoms with E-state index in [0.29, 0.717) is 12.2 Å². The SMILES string of the molecule is Cc1cc(N(CC(F)(F)F)C(C)C)ccc1CN. The normalized spacial score (nSPS) is 12.0. The second-order valence-electron chi connectivity index (χ2n) is 4.65. The molecule has 5 heteroatoms. The quantitative estimate of drug-likeness (QED) is 0.900. The van der Waals surface area contributed by atoms with E-state index >= 15 is 0 Å². The van der Waals surface area contributed by atoms with E-state index in [2.05, 4.69) is 0 Å². The van der Waals surface area contributed by atoms with Crippen LogP contribution in [0.2, 0.25) is 0 Å². The van der Waals surface area contributed by atoms with Gasteiger partial charge in [0.2, 0.25) is 0 Å². The van der Waals surface area contributed by atoms with Gasteiger partial charge in [-0.15, -0.1) is 0 Å². The van der Waals surface area contributed by atoms with Gasteiger partial charge < -0.3 is 10.6 Å². The summed E-state index contributed by atoms with van der Waals surface area (Å²) in [6, 6.07) is 5.03. The van der Waals surface area contributed by atoms with Crippen LogP contribution in [0.3, 0.4) is 0 Å². The zero-order valence-electron chi connectivity index (χ0n) is 10.9. The summed E-state index contributed by atoms with van der Waals surface area (Å²) >= 11 is 0. The maximum absolute atomic E-state index is 12.5. The number of rotatable bonds is 4. The Morgan fingerprint density at radius 2 is 1.89 bits per heavy atom. The van der Waals surface area contributed by atoms with Crippen molar-refractivity contribution >= 4 is 5.69 Å². The molecule has 0 bridgehead atoms. The number of hydrogen-bond donors (Lipinski definition) is 1. The Bertz CT molecular complexity index is 400. The fourth-order valence-electron chi connectivity index (χ4n) is 1.85. The summed E-state index contributed by atoms with van der Waals surface area (Å²) in [6.45, 7) is 4.81. The van der Waals surface area contributed by atoms with Gasteiger partial charge in [0.05, 0.1) is 0 Å². The van der Waals surface area contributed by atoms with Crippen molar-refractivity contribution in [3.05, 3.63) is 29.3 Å². The third-order valence-corrected chi connectivity index (χ3v) is 2.85. The van der Waals surface area contributed by atoms with Gasteiger partial charge in [0.25, 0.3) is 0 Å². The number of nitrogens with two attached hydrogens (primary N) is 1. The average Bonchev–Trinajstić information content (AvgIpc) is 2.24. The fourth-order valence-corrected chi connectivity index (χ4v) is 1.85. The first kappa shape index (κ1) is 14.8. The highest BCUT2D eigenvalue weighted by atomic mass is 19.4. The lowest BCUT2D eigenvalue weighted by atomic mass is 10.1. The molecular weight excluding hydrogens is 241 g/mol. The summed E-state index contributed by atoms with van der Waals surface area (Å²) in [4.78, 5) is 1.34. The molecule has 0 heterocycles. The second-order valence-corrected chi connectivity index (χ2v) is 4.65. The number of halogens is 3. The smallest absolute Gasteiger partial charge is 0.360 e. The van der Waals surface area contributed by atoms with Gasteiger partial charge in [0, 0.05) is 18.3 Å². The molecular formula is C13H19F3N2. The van der Waals surface area contributed by atoms with Crippen molar-refractivity contribution in [2.75, 3.05) is 11.4 Å². The first-order valence-corrected chi connectivity index (χ1v) is 5.87. The average molecular weight is 260 g/mol. The lowest BCUT2D eigenvalue weighted by molar-refractivity contribution is -0.120. The van der Waals surface area contributed by atoms with Crippen molar-refractivity contribution in [1.82, 2.24) is 0 Å². The second kappa shape index (κ2) is 5.61. The number of alkyl halides is 3. The fraction of sp³-hybridized carbons (Fsp3) is 0.538. The number of benzene rings is 1. The molecule has 0 aromatic heterocycles. The van der Waals surface area contributed by atoms with E-state index in [9.17, 15) is 13.2 Å². The standard InChI is InChI=1S/C13H19F3N2/c1-9(2)18(8-13(14,15)16)12-5-4-11(7-17)10(3)6-12/h4-6,9H,7-8,17H2,1-3H3. The predicted octanol–water partition coefficient (Wildman–Crippen LogP) is 3.23. The summed E-state index contributed by atoms with van der Waals surface area (Å²) in [5.74, 6) is 0. The van der Waals surface area contributed by atoms with Gasteiger partial charge in [-0.25, -0.2) is 0 Å². The van der Waals surface area contributed by atoms with E-state index in [1.807, 2.05) is 6.92 Å². The molecule has 0 radical (unpaired) electrons. The van der Waals surface area contributed by atoms with Crippen LogP contribution in [-0.4, -0.2) is 18.8 Å². The first-order valence-electron chi connectivity index (χ1n) is 5.87. The van der Waals surface area contributed by atoms with E-state index in [-0.39, 0.29) is 6.04 Å². The highest BCUT2D eigenvalue weighted by Gasteiger charge is 2.32. The van der Waals surface area contributed by atoms with E-state index in [0.717, 1.165) is 11.1 Å². The Balaban J connectivity index is 3.03. The minimum atomic E-state index is -4.20. The van der Waals surface area contributed by atoms with Crippen LogP contribution in [0.5, 0.6) is 0 Å². The molecule has 0 aliphatic rings. The third kappa shape index (κ3) is 3.91. The highest BCUT2D eigenvalue weighted by molar-refractivity contribution is 5.51. The van der Waals surface area contributed by atoms with Gasteiger partial charge in [-0.2, -0.15) is 13.2 Å². The molecule has 102 valence electrons. The Kier molecular flexibility index (Phi) is 4.62. The highest BCUT2D eigenvalue weighted by Crippen LogP contribution is 2.25. The molecule has 18 heavy (non-hydrogen) atoms. The Hall–Kier alpha value is -1.23. The molecule has 1 aromatic carbocycles. The summed E-state index contributed by atoms with van der Waals surface area (Å²) in [5, 5.41) is 0. The van der Waals surface area contributed by atoms with Crippen LogP contribution in [0, 0.1) is 6.92 Å². The van der Waals surface area contributed by atoms with Crippen molar-refractivity contribution < 1.29 is 13.2 Å². The number of nitrogens with zero attached hydrogens (tertiary/aromatic N) is 1. The van der Waals surface area contributed by atoms with Gasteiger partial charge in [0.1, 0.15) is 6.54 Å². The molecule has 2 N–H and O–H groups in total. The van der Waals surface area contributed by atoms with Crippen molar-refractivity contribution in [3.8, 4) is 0 Å². The molecule has 1 rings (SSSR count). The van der Waals surface area contributed by atoms with Gasteiger partial charge in [-0.05, 0) is 44.0 Å². The van der Waals surface area contributed by atoms with Gasteiger partial charge in [-0.1, -0.05) is 6.07 Å². The molecule has 0 atom stereocenters. The molecule has 0 aliphatic carbocycles. The molecule has 0 saturated carbocycles. The van der Waals surface area contributed by atoms with Crippen LogP contribution in [0.1, 0.15) is 25.0 Å². The van der Waals surface area contributed by atoms with Crippen molar-refractivity contribution in [1.29, 1.82) is 0 Å². The minimum Gasteiger partial charge on any atom is -0.360 e. The van der Waals surface area contributed by atoms with Gasteiger partial charge >= 0.3 is 6.18 Å². The third-order valence-electron chi connectivity index (χ3n) is 2.85. The summed E-state index contributed by atoms with van der Waals surface area (Å²) in [6.07, 6.45) is -4.20. The maximum Gasteiger partial charge on any atom is 0.405 e. The van der Waals surface area contributed by atoms with Crippen molar-refractivity contribution in [2.45, 2.75) is 39.5 Å². The Labute approximate surface area is 106 Å². The van der Waals surface area contributed by atoms with Gasteiger partial charge in [0.15, 0.2) is 0 Å². The van der Waals surface area contributed by atoms with Crippen LogP contribution in [0.4, 0.5) is 18.9 Å². The van der Waals surface area contributed by atoms with E-state index in [4.69, 9.17) is 5.73 Å². The maximum atomic E-state index is 12.5. The number of aryl methyl sites for hydroxylation is 1. The lowest BCUT2D eigenvalue weighted by Crippen LogP contribution is -2.39. The number of anilines is 1. The van der Waals surface area contributed by atoms with Crippen LogP contribution in [-0.2, 0) is 6.54 Å². The lowest BCUT2D eigenvalue weighted by Gasteiger charge is -2.30. The van der Waals surface area contributed by atoms with Crippen molar-refractivity contribution in [2.24, 2.45) is 5.73 Å². The topological polar surface area (TPSA) is 29.3 Å². The molecule has 2 nitrogen and oxygen atoms in total. The Morgan fingerprint density at radius 3 is 2.28 bits per heavy atom. The van der Waals surface area contributed by atoms with E-state index in [1.165, 1.54) is 4.90 Å². The van der Waals surface area contributed by atoms with Crippen LogP contribution in [0.15, 0.2) is 18.2 Å². The molecule has 0 amide bonds. The molecule has 0 unspecified atom stereocenters. The molecule has 0 spiro atoms. The van der Waals surface area contributed by atoms with Crippen LogP contribution < -0.4 is 10.6 Å².